The van der Waals surface area contributed by atoms with Crippen molar-refractivity contribution in [3.8, 4) is 0 Å². The minimum absolute atomic E-state index is 0.328. The van der Waals surface area contributed by atoms with Gasteiger partial charge in [-0.15, -0.1) is 22.9 Å². The highest BCUT2D eigenvalue weighted by Gasteiger charge is 2.38. The molecule has 0 unspecified atom stereocenters. The van der Waals surface area contributed by atoms with E-state index in [-0.39, 0.29) is 0 Å². The van der Waals surface area contributed by atoms with Crippen LogP contribution < -0.4 is 4.72 Å². The molecule has 0 atom stereocenters. The van der Waals surface area contributed by atoms with Gasteiger partial charge < -0.3 is 0 Å². The molecular weight excluding hydrogens is 346 g/mol. The monoisotopic (exact) mass is 357 g/mol. The lowest BCUT2D eigenvalue weighted by atomic mass is 10.0. The van der Waals surface area contributed by atoms with Crippen LogP contribution in [0.4, 0.5) is 0 Å². The quantitative estimate of drug-likeness (QED) is 0.839. The molecule has 1 saturated carbocycles. The van der Waals surface area contributed by atoms with Gasteiger partial charge in [0.1, 0.15) is 4.21 Å². The summed E-state index contributed by atoms with van der Waals surface area (Å²) in [5, 5.41) is 1.75. The molecule has 96 valence electrons. The first-order valence-electron chi connectivity index (χ1n) is 5.32. The van der Waals surface area contributed by atoms with Crippen molar-refractivity contribution in [2.45, 2.75) is 35.4 Å². The predicted octanol–water partition coefficient (Wildman–Crippen LogP) is 3.34. The van der Waals surface area contributed by atoms with Crippen LogP contribution >= 0.6 is 38.9 Å². The molecule has 0 aliphatic heterocycles. The third-order valence-electron chi connectivity index (χ3n) is 3.00. The van der Waals surface area contributed by atoms with E-state index in [0.717, 1.165) is 25.7 Å². The van der Waals surface area contributed by atoms with E-state index in [1.807, 2.05) is 0 Å². The van der Waals surface area contributed by atoms with E-state index in [1.54, 1.807) is 11.4 Å². The molecule has 0 spiro atoms. The van der Waals surface area contributed by atoms with E-state index in [2.05, 4.69) is 20.7 Å². The zero-order chi connectivity index (χ0) is 12.5. The zero-order valence-electron chi connectivity index (χ0n) is 9.08. The summed E-state index contributed by atoms with van der Waals surface area (Å²) in [6, 6.07) is 1.74. The highest BCUT2D eigenvalue weighted by molar-refractivity contribution is 9.10. The maximum Gasteiger partial charge on any atom is 0.251 e. The smallest absolute Gasteiger partial charge is 0.206 e. The van der Waals surface area contributed by atoms with E-state index in [1.165, 1.54) is 11.3 Å². The standard InChI is InChI=1S/C10H13BrClNO2S2/c11-8-3-6-16-9(8)17(14,15)13-10(7-12)4-1-2-5-10/h3,6,13H,1-2,4-5,7H2. The Balaban J connectivity index is 2.26. The van der Waals surface area contributed by atoms with Crippen molar-refractivity contribution in [1.29, 1.82) is 0 Å². The van der Waals surface area contributed by atoms with Crippen molar-refractivity contribution in [2.24, 2.45) is 0 Å². The first kappa shape index (κ1) is 13.8. The molecule has 17 heavy (non-hydrogen) atoms. The molecule has 0 bridgehead atoms. The summed E-state index contributed by atoms with van der Waals surface area (Å²) in [5.74, 6) is 0.329. The molecule has 2 rings (SSSR count). The minimum Gasteiger partial charge on any atom is -0.206 e. The summed E-state index contributed by atoms with van der Waals surface area (Å²) in [7, 11) is -3.46. The fraction of sp³-hybridized carbons (Fsp3) is 0.600. The molecule has 1 fully saturated rings. The van der Waals surface area contributed by atoms with Crippen LogP contribution in [0.25, 0.3) is 0 Å². The number of hydrogen-bond donors (Lipinski definition) is 1. The number of rotatable bonds is 4. The van der Waals surface area contributed by atoms with Gasteiger partial charge in [-0.3, -0.25) is 0 Å². The highest BCUT2D eigenvalue weighted by Crippen LogP contribution is 2.34. The first-order chi connectivity index (χ1) is 7.99. The van der Waals surface area contributed by atoms with Crippen LogP contribution in [0.15, 0.2) is 20.1 Å². The SMILES string of the molecule is O=S(=O)(NC1(CCl)CCCC1)c1sccc1Br. The van der Waals surface area contributed by atoms with Crippen molar-refractivity contribution < 1.29 is 8.42 Å². The van der Waals surface area contributed by atoms with Gasteiger partial charge in [-0.1, -0.05) is 12.8 Å². The second-order valence-corrected chi connectivity index (χ2v) is 8.20. The number of halogens is 2. The van der Waals surface area contributed by atoms with Crippen molar-refractivity contribution in [3.05, 3.63) is 15.9 Å². The summed E-state index contributed by atoms with van der Waals surface area (Å²) in [4.78, 5) is 0. The fourth-order valence-corrected chi connectivity index (χ4v) is 6.33. The summed E-state index contributed by atoms with van der Waals surface area (Å²) < 4.78 is 28.2. The van der Waals surface area contributed by atoms with Gasteiger partial charge in [-0.25, -0.2) is 13.1 Å². The van der Waals surface area contributed by atoms with Gasteiger partial charge in [0.05, 0.1) is 0 Å². The molecule has 1 aromatic heterocycles. The van der Waals surface area contributed by atoms with Gasteiger partial charge >= 0.3 is 0 Å². The molecule has 1 aliphatic carbocycles. The molecule has 0 saturated heterocycles. The predicted molar refractivity (Wildman–Crippen MR) is 74.3 cm³/mol. The van der Waals surface area contributed by atoms with E-state index >= 15 is 0 Å². The minimum atomic E-state index is -3.46. The van der Waals surface area contributed by atoms with Gasteiger partial charge in [-0.2, -0.15) is 0 Å². The average Bonchev–Trinajstić information content (AvgIpc) is 2.87. The lowest BCUT2D eigenvalue weighted by molar-refractivity contribution is 0.433. The maximum absolute atomic E-state index is 12.2. The Morgan fingerprint density at radius 3 is 2.59 bits per heavy atom. The fourth-order valence-electron chi connectivity index (χ4n) is 2.12. The topological polar surface area (TPSA) is 46.2 Å². The number of nitrogens with one attached hydrogen (secondary N) is 1. The molecular formula is C10H13BrClNO2S2. The van der Waals surface area contributed by atoms with Gasteiger partial charge in [0.2, 0.25) is 0 Å². The highest BCUT2D eigenvalue weighted by atomic mass is 79.9. The third kappa shape index (κ3) is 2.87. The second-order valence-electron chi connectivity index (χ2n) is 4.28. The van der Waals surface area contributed by atoms with Crippen molar-refractivity contribution in [2.75, 3.05) is 5.88 Å². The molecule has 3 nitrogen and oxygen atoms in total. The molecule has 0 amide bonds. The van der Waals surface area contributed by atoms with Crippen LogP contribution in [-0.4, -0.2) is 19.8 Å². The van der Waals surface area contributed by atoms with Crippen LogP contribution in [-0.2, 0) is 10.0 Å². The number of hydrogen-bond acceptors (Lipinski definition) is 3. The van der Waals surface area contributed by atoms with Crippen LogP contribution in [0.2, 0.25) is 0 Å². The van der Waals surface area contributed by atoms with E-state index in [4.69, 9.17) is 11.6 Å². The van der Waals surface area contributed by atoms with Crippen LogP contribution in [0.1, 0.15) is 25.7 Å². The van der Waals surface area contributed by atoms with Crippen LogP contribution in [0, 0.1) is 0 Å². The Bertz CT molecular complexity index is 494. The Kier molecular flexibility index (Phi) is 4.20. The average molecular weight is 359 g/mol. The van der Waals surface area contributed by atoms with Crippen molar-refractivity contribution in [3.63, 3.8) is 0 Å². The summed E-state index contributed by atoms with van der Waals surface area (Å²) >= 11 is 10.4. The molecule has 1 heterocycles. The van der Waals surface area contributed by atoms with Gasteiger partial charge in [0.15, 0.2) is 0 Å². The number of alkyl halides is 1. The number of thiophene rings is 1. The lowest BCUT2D eigenvalue weighted by Gasteiger charge is -2.27. The van der Waals surface area contributed by atoms with E-state index in [0.29, 0.717) is 14.6 Å². The maximum atomic E-state index is 12.2. The summed E-state index contributed by atoms with van der Waals surface area (Å²) in [5.41, 5.74) is -0.455. The second kappa shape index (κ2) is 5.17. The van der Waals surface area contributed by atoms with Crippen LogP contribution in [0.5, 0.6) is 0 Å². The molecule has 0 radical (unpaired) electrons. The third-order valence-corrected chi connectivity index (χ3v) is 7.76. The first-order valence-corrected chi connectivity index (χ1v) is 9.01. The molecule has 0 aromatic carbocycles. The Morgan fingerprint density at radius 2 is 2.12 bits per heavy atom. The lowest BCUT2D eigenvalue weighted by Crippen LogP contribution is -2.47. The molecule has 1 aromatic rings. The largest absolute Gasteiger partial charge is 0.251 e. The Hall–Kier alpha value is 0.380. The van der Waals surface area contributed by atoms with Gasteiger partial charge in [0.25, 0.3) is 10.0 Å². The van der Waals surface area contributed by atoms with Crippen molar-refractivity contribution >= 4 is 48.9 Å². The molecule has 7 heteroatoms. The molecule has 1 aliphatic rings. The Morgan fingerprint density at radius 1 is 1.47 bits per heavy atom. The van der Waals surface area contributed by atoms with E-state index < -0.39 is 15.6 Å². The van der Waals surface area contributed by atoms with Crippen LogP contribution in [0.3, 0.4) is 0 Å². The molecule has 1 N–H and O–H groups in total. The Labute approximate surface area is 119 Å². The van der Waals surface area contributed by atoms with E-state index in [9.17, 15) is 8.42 Å². The van der Waals surface area contributed by atoms with Gasteiger partial charge in [0, 0.05) is 15.9 Å². The normalized spacial score (nSPS) is 19.6. The summed E-state index contributed by atoms with van der Waals surface area (Å²) in [6.07, 6.45) is 3.69. The van der Waals surface area contributed by atoms with Gasteiger partial charge in [-0.05, 0) is 40.2 Å². The number of sulfonamides is 1. The zero-order valence-corrected chi connectivity index (χ0v) is 13.1. The summed E-state index contributed by atoms with van der Waals surface area (Å²) in [6.45, 7) is 0. The van der Waals surface area contributed by atoms with Crippen molar-refractivity contribution in [1.82, 2.24) is 4.72 Å².